The number of hydrogen-bond donors (Lipinski definition) is 1. The monoisotopic (exact) mass is 518 g/mol. The number of aryl methyl sites for hydroxylation is 2. The van der Waals surface area contributed by atoms with Gasteiger partial charge in [-0.05, 0) is 89.9 Å². The van der Waals surface area contributed by atoms with Crippen molar-refractivity contribution in [3.8, 4) is 22.6 Å². The third-order valence-corrected chi connectivity index (χ3v) is 8.55. The Morgan fingerprint density at radius 2 is 1.84 bits per heavy atom. The highest BCUT2D eigenvalue weighted by molar-refractivity contribution is 7.99. The number of aliphatic carboxylic acids is 1. The minimum absolute atomic E-state index is 0.0122. The zero-order chi connectivity index (χ0) is 25.9. The van der Waals surface area contributed by atoms with Crippen molar-refractivity contribution in [2.24, 2.45) is 0 Å². The van der Waals surface area contributed by atoms with Crippen molar-refractivity contribution < 1.29 is 24.1 Å². The SMILES string of the molecule is COCCCOc1cc(C)c(-c2cccc3c2CC[C@@H]3Oc2ccc3c(c2)SC[C@H]3CC(=O)O)c(C)c1. The van der Waals surface area contributed by atoms with Crippen LogP contribution in [0.1, 0.15) is 59.1 Å². The van der Waals surface area contributed by atoms with E-state index in [1.807, 2.05) is 6.07 Å². The Hall–Kier alpha value is -2.96. The molecule has 194 valence electrons. The van der Waals surface area contributed by atoms with Crippen LogP contribution in [0, 0.1) is 13.8 Å². The Morgan fingerprint density at radius 3 is 2.59 bits per heavy atom. The first-order valence-corrected chi connectivity index (χ1v) is 13.9. The van der Waals surface area contributed by atoms with E-state index in [2.05, 4.69) is 56.3 Å². The van der Waals surface area contributed by atoms with Gasteiger partial charge < -0.3 is 19.3 Å². The molecule has 2 aliphatic rings. The average molecular weight is 519 g/mol. The third-order valence-electron chi connectivity index (χ3n) is 7.32. The summed E-state index contributed by atoms with van der Waals surface area (Å²) in [6.45, 7) is 5.66. The summed E-state index contributed by atoms with van der Waals surface area (Å²) in [5.74, 6) is 1.91. The summed E-state index contributed by atoms with van der Waals surface area (Å²) in [4.78, 5) is 12.3. The summed E-state index contributed by atoms with van der Waals surface area (Å²) in [5.41, 5.74) is 8.74. The van der Waals surface area contributed by atoms with Gasteiger partial charge in [-0.1, -0.05) is 24.3 Å². The summed E-state index contributed by atoms with van der Waals surface area (Å²) < 4.78 is 17.6. The lowest BCUT2D eigenvalue weighted by molar-refractivity contribution is -0.137. The van der Waals surface area contributed by atoms with Gasteiger partial charge in [-0.15, -0.1) is 11.8 Å². The molecule has 0 bridgehead atoms. The van der Waals surface area contributed by atoms with E-state index in [1.165, 1.54) is 33.4 Å². The second-order valence-electron chi connectivity index (χ2n) is 9.95. The highest BCUT2D eigenvalue weighted by Crippen LogP contribution is 2.45. The van der Waals surface area contributed by atoms with Crippen LogP contribution in [-0.2, 0) is 16.0 Å². The standard InChI is InChI=1S/C31H34O5S/c1-19-14-23(35-13-5-12-34-3)15-20(2)31(19)27-7-4-6-26-25(27)10-11-28(26)36-22-8-9-24-21(16-30(32)33)18-37-29(24)17-22/h4,6-9,14-15,17,21,28H,5,10-13,16,18H2,1-3H3,(H,32,33)/t21-,28+/m1/s1. The maximum Gasteiger partial charge on any atom is 0.303 e. The van der Waals surface area contributed by atoms with Crippen molar-refractivity contribution >= 4 is 17.7 Å². The molecule has 0 radical (unpaired) electrons. The summed E-state index contributed by atoms with van der Waals surface area (Å²) in [5, 5.41) is 9.20. The Balaban J connectivity index is 1.35. The van der Waals surface area contributed by atoms with E-state index in [1.54, 1.807) is 18.9 Å². The summed E-state index contributed by atoms with van der Waals surface area (Å²) in [6.07, 6.45) is 2.98. The molecule has 0 spiro atoms. The van der Waals surface area contributed by atoms with Crippen LogP contribution < -0.4 is 9.47 Å². The first-order chi connectivity index (χ1) is 17.9. The number of fused-ring (bicyclic) bond motifs is 2. The second kappa shape index (κ2) is 11.2. The van der Waals surface area contributed by atoms with Crippen molar-refractivity contribution in [2.45, 2.75) is 56.4 Å². The zero-order valence-corrected chi connectivity index (χ0v) is 22.5. The highest BCUT2D eigenvalue weighted by atomic mass is 32.2. The fraction of sp³-hybridized carbons (Fsp3) is 0.387. The van der Waals surface area contributed by atoms with E-state index in [0.29, 0.717) is 13.2 Å². The number of hydrogen-bond acceptors (Lipinski definition) is 5. The normalized spacial score (nSPS) is 17.9. The Morgan fingerprint density at radius 1 is 1.03 bits per heavy atom. The summed E-state index contributed by atoms with van der Waals surface area (Å²) in [7, 11) is 1.71. The van der Waals surface area contributed by atoms with Crippen LogP contribution in [-0.4, -0.2) is 37.2 Å². The van der Waals surface area contributed by atoms with Crippen LogP contribution in [0.4, 0.5) is 0 Å². The van der Waals surface area contributed by atoms with Crippen LogP contribution in [0.3, 0.4) is 0 Å². The fourth-order valence-electron chi connectivity index (χ4n) is 5.67. The second-order valence-corrected chi connectivity index (χ2v) is 11.0. The van der Waals surface area contributed by atoms with Gasteiger partial charge in [0.25, 0.3) is 0 Å². The maximum atomic E-state index is 11.2. The number of thioether (sulfide) groups is 1. The molecule has 0 unspecified atom stereocenters. The van der Waals surface area contributed by atoms with Gasteiger partial charge in [0.05, 0.1) is 13.0 Å². The zero-order valence-electron chi connectivity index (χ0n) is 21.7. The maximum absolute atomic E-state index is 11.2. The van der Waals surface area contributed by atoms with Crippen molar-refractivity contribution in [1.82, 2.24) is 0 Å². The van der Waals surface area contributed by atoms with Crippen molar-refractivity contribution in [3.63, 3.8) is 0 Å². The van der Waals surface area contributed by atoms with Crippen LogP contribution >= 0.6 is 11.8 Å². The molecule has 3 aromatic carbocycles. The minimum atomic E-state index is -0.744. The molecule has 5 rings (SSSR count). The van der Waals surface area contributed by atoms with E-state index in [9.17, 15) is 9.90 Å². The Kier molecular flexibility index (Phi) is 7.77. The lowest BCUT2D eigenvalue weighted by Crippen LogP contribution is -2.06. The molecule has 2 atom stereocenters. The van der Waals surface area contributed by atoms with Gasteiger partial charge in [0.1, 0.15) is 17.6 Å². The molecule has 1 aliphatic heterocycles. The van der Waals surface area contributed by atoms with E-state index in [-0.39, 0.29) is 18.4 Å². The number of benzene rings is 3. The molecule has 0 saturated heterocycles. The minimum Gasteiger partial charge on any atom is -0.493 e. The smallest absolute Gasteiger partial charge is 0.303 e. The lowest BCUT2D eigenvalue weighted by atomic mass is 9.90. The third kappa shape index (κ3) is 5.51. The number of carboxylic acid groups (broad SMARTS) is 1. The van der Waals surface area contributed by atoms with Crippen molar-refractivity contribution in [3.05, 3.63) is 76.3 Å². The molecule has 0 aromatic heterocycles. The molecule has 0 fully saturated rings. The van der Waals surface area contributed by atoms with Crippen LogP contribution in [0.2, 0.25) is 0 Å². The Labute approximate surface area is 223 Å². The number of rotatable bonds is 10. The predicted octanol–water partition coefficient (Wildman–Crippen LogP) is 7.12. The van der Waals surface area contributed by atoms with Gasteiger partial charge in [-0.25, -0.2) is 0 Å². The molecule has 37 heavy (non-hydrogen) atoms. The molecule has 1 heterocycles. The van der Waals surface area contributed by atoms with Crippen LogP contribution in [0.25, 0.3) is 11.1 Å². The fourth-order valence-corrected chi connectivity index (χ4v) is 6.95. The molecule has 0 saturated carbocycles. The van der Waals surface area contributed by atoms with E-state index >= 15 is 0 Å². The molecule has 3 aromatic rings. The number of methoxy groups -OCH3 is 1. The quantitative estimate of drug-likeness (QED) is 0.288. The van der Waals surface area contributed by atoms with E-state index in [0.717, 1.165) is 47.0 Å². The number of carbonyl (C=O) groups is 1. The van der Waals surface area contributed by atoms with Gasteiger partial charge in [-0.2, -0.15) is 0 Å². The van der Waals surface area contributed by atoms with E-state index in [4.69, 9.17) is 14.2 Å². The number of carboxylic acids is 1. The summed E-state index contributed by atoms with van der Waals surface area (Å²) in [6, 6.07) is 17.0. The predicted molar refractivity (Wildman–Crippen MR) is 147 cm³/mol. The largest absolute Gasteiger partial charge is 0.493 e. The molecule has 1 N–H and O–H groups in total. The Bertz CT molecular complexity index is 1280. The number of ether oxygens (including phenoxy) is 3. The highest BCUT2D eigenvalue weighted by Gasteiger charge is 2.29. The molecular formula is C31H34O5S. The molecule has 5 nitrogen and oxygen atoms in total. The van der Waals surface area contributed by atoms with Crippen molar-refractivity contribution in [2.75, 3.05) is 26.1 Å². The summed E-state index contributed by atoms with van der Waals surface area (Å²) >= 11 is 1.73. The van der Waals surface area contributed by atoms with Gasteiger partial charge >= 0.3 is 5.97 Å². The average Bonchev–Trinajstić information content (AvgIpc) is 3.45. The first-order valence-electron chi connectivity index (χ1n) is 12.9. The molecule has 1 aliphatic carbocycles. The molecule has 0 amide bonds. The van der Waals surface area contributed by atoms with Crippen LogP contribution in [0.15, 0.2) is 53.4 Å². The van der Waals surface area contributed by atoms with Crippen molar-refractivity contribution in [1.29, 1.82) is 0 Å². The molecule has 6 heteroatoms. The first kappa shape index (κ1) is 25.7. The van der Waals surface area contributed by atoms with Gasteiger partial charge in [0, 0.05) is 36.7 Å². The van der Waals surface area contributed by atoms with Gasteiger partial charge in [0.2, 0.25) is 0 Å². The van der Waals surface area contributed by atoms with E-state index < -0.39 is 5.97 Å². The van der Waals surface area contributed by atoms with Crippen LogP contribution in [0.5, 0.6) is 11.5 Å². The van der Waals surface area contributed by atoms with Gasteiger partial charge in [-0.3, -0.25) is 4.79 Å². The van der Waals surface area contributed by atoms with Gasteiger partial charge in [0.15, 0.2) is 0 Å². The topological polar surface area (TPSA) is 65.0 Å². The lowest BCUT2D eigenvalue weighted by Gasteiger charge is -2.19. The molecular weight excluding hydrogens is 484 g/mol.